The van der Waals surface area contributed by atoms with Crippen LogP contribution in [0, 0.1) is 6.92 Å². The highest BCUT2D eigenvalue weighted by molar-refractivity contribution is 6.29. The summed E-state index contributed by atoms with van der Waals surface area (Å²) in [5.74, 6) is 0.101. The monoisotopic (exact) mass is 304 g/mol. The predicted octanol–water partition coefficient (Wildman–Crippen LogP) is 3.54. The van der Waals surface area contributed by atoms with Gasteiger partial charge in [-0.05, 0) is 31.0 Å². The number of aryl methyl sites for hydroxylation is 1. The van der Waals surface area contributed by atoms with Gasteiger partial charge in [0.05, 0.1) is 13.2 Å². The summed E-state index contributed by atoms with van der Waals surface area (Å²) in [6.45, 7) is 3.96. The molecule has 0 bridgehead atoms. The minimum atomic E-state index is -0.214. The first kappa shape index (κ1) is 15.3. The maximum Gasteiger partial charge on any atom is 0.252 e. The highest BCUT2D eigenvalue weighted by Crippen LogP contribution is 2.19. The van der Waals surface area contributed by atoms with Gasteiger partial charge in [0, 0.05) is 11.6 Å². The Balaban J connectivity index is 2.18. The van der Waals surface area contributed by atoms with Gasteiger partial charge >= 0.3 is 0 Å². The number of carbonyl (C=O) groups is 1. The molecule has 0 radical (unpaired) electrons. The molecule has 0 spiro atoms. The minimum Gasteiger partial charge on any atom is -0.481 e. The lowest BCUT2D eigenvalue weighted by Crippen LogP contribution is -2.27. The van der Waals surface area contributed by atoms with Crippen LogP contribution in [-0.4, -0.2) is 18.0 Å². The van der Waals surface area contributed by atoms with Crippen LogP contribution in [0.2, 0.25) is 5.15 Å². The summed E-state index contributed by atoms with van der Waals surface area (Å²) < 4.78 is 5.02. The van der Waals surface area contributed by atoms with Crippen LogP contribution in [-0.2, 0) is 0 Å². The third-order valence-corrected chi connectivity index (χ3v) is 3.44. The number of nitrogens with one attached hydrogen (secondary N) is 1. The molecule has 0 fully saturated rings. The number of aromatic nitrogens is 1. The fourth-order valence-corrected chi connectivity index (χ4v) is 2.34. The van der Waals surface area contributed by atoms with Crippen LogP contribution in [0.3, 0.4) is 0 Å². The van der Waals surface area contributed by atoms with Gasteiger partial charge in [0.25, 0.3) is 5.91 Å². The standard InChI is InChI=1S/C16H17ClN2O2/c1-10-6-4-5-7-13(10)11(2)18-16(20)12-8-14(17)19-15(9-12)21-3/h4-9,11H,1-3H3,(H,18,20). The van der Waals surface area contributed by atoms with E-state index in [9.17, 15) is 4.79 Å². The van der Waals surface area contributed by atoms with Gasteiger partial charge in [0.15, 0.2) is 0 Å². The average molecular weight is 305 g/mol. The fourth-order valence-electron chi connectivity index (χ4n) is 2.14. The summed E-state index contributed by atoms with van der Waals surface area (Å²) >= 11 is 5.88. The smallest absolute Gasteiger partial charge is 0.252 e. The topological polar surface area (TPSA) is 51.2 Å². The third kappa shape index (κ3) is 3.73. The molecule has 1 atom stereocenters. The van der Waals surface area contributed by atoms with E-state index < -0.39 is 0 Å². The van der Waals surface area contributed by atoms with Gasteiger partial charge in [0.2, 0.25) is 5.88 Å². The van der Waals surface area contributed by atoms with Crippen molar-refractivity contribution < 1.29 is 9.53 Å². The Labute approximate surface area is 129 Å². The number of amides is 1. The molecule has 2 rings (SSSR count). The summed E-state index contributed by atoms with van der Waals surface area (Å²) in [6, 6.07) is 10.9. The summed E-state index contributed by atoms with van der Waals surface area (Å²) in [5.41, 5.74) is 2.64. The molecule has 0 aliphatic heterocycles. The van der Waals surface area contributed by atoms with E-state index in [0.29, 0.717) is 11.4 Å². The van der Waals surface area contributed by atoms with Gasteiger partial charge in [-0.15, -0.1) is 0 Å². The molecule has 1 amide bonds. The molecule has 0 saturated heterocycles. The molecule has 0 aliphatic carbocycles. The van der Waals surface area contributed by atoms with E-state index in [-0.39, 0.29) is 17.1 Å². The maximum atomic E-state index is 12.3. The van der Waals surface area contributed by atoms with Crippen molar-refractivity contribution in [1.82, 2.24) is 10.3 Å². The normalized spacial score (nSPS) is 11.8. The molecule has 5 heteroatoms. The van der Waals surface area contributed by atoms with Gasteiger partial charge in [0.1, 0.15) is 5.15 Å². The van der Waals surface area contributed by atoms with Crippen LogP contribution in [0.1, 0.15) is 34.5 Å². The van der Waals surface area contributed by atoms with Crippen molar-refractivity contribution in [3.05, 3.63) is 58.2 Å². The van der Waals surface area contributed by atoms with Crippen molar-refractivity contribution >= 4 is 17.5 Å². The first-order valence-corrected chi connectivity index (χ1v) is 6.97. The lowest BCUT2D eigenvalue weighted by Gasteiger charge is -2.16. The van der Waals surface area contributed by atoms with Crippen molar-refractivity contribution in [3.63, 3.8) is 0 Å². The quantitative estimate of drug-likeness (QED) is 0.879. The zero-order valence-electron chi connectivity index (χ0n) is 12.2. The largest absolute Gasteiger partial charge is 0.481 e. The molecule has 0 saturated carbocycles. The van der Waals surface area contributed by atoms with Crippen LogP contribution in [0.25, 0.3) is 0 Å². The van der Waals surface area contributed by atoms with Crippen LogP contribution in [0.5, 0.6) is 5.88 Å². The molecule has 110 valence electrons. The molecule has 4 nitrogen and oxygen atoms in total. The second-order valence-corrected chi connectivity index (χ2v) is 5.16. The highest BCUT2D eigenvalue weighted by atomic mass is 35.5. The van der Waals surface area contributed by atoms with Crippen molar-refractivity contribution in [3.8, 4) is 5.88 Å². The van der Waals surface area contributed by atoms with E-state index >= 15 is 0 Å². The fraction of sp³-hybridized carbons (Fsp3) is 0.250. The van der Waals surface area contributed by atoms with Crippen LogP contribution < -0.4 is 10.1 Å². The molecular formula is C16H17ClN2O2. The Kier molecular flexibility index (Phi) is 4.81. The van der Waals surface area contributed by atoms with Crippen LogP contribution >= 0.6 is 11.6 Å². The number of pyridine rings is 1. The van der Waals surface area contributed by atoms with Gasteiger partial charge < -0.3 is 10.1 Å². The van der Waals surface area contributed by atoms with Crippen molar-refractivity contribution in [2.24, 2.45) is 0 Å². The second-order valence-electron chi connectivity index (χ2n) is 4.77. The second kappa shape index (κ2) is 6.59. The van der Waals surface area contributed by atoms with Gasteiger partial charge in [-0.2, -0.15) is 0 Å². The van der Waals surface area contributed by atoms with E-state index in [4.69, 9.17) is 16.3 Å². The van der Waals surface area contributed by atoms with Crippen molar-refractivity contribution in [1.29, 1.82) is 0 Å². The van der Waals surface area contributed by atoms with Crippen molar-refractivity contribution in [2.45, 2.75) is 19.9 Å². The highest BCUT2D eigenvalue weighted by Gasteiger charge is 2.14. The number of hydrogen-bond donors (Lipinski definition) is 1. The summed E-state index contributed by atoms with van der Waals surface area (Å²) in [7, 11) is 1.48. The van der Waals surface area contributed by atoms with Gasteiger partial charge in [-0.25, -0.2) is 4.98 Å². The first-order chi connectivity index (χ1) is 10.0. The van der Waals surface area contributed by atoms with Crippen LogP contribution in [0.15, 0.2) is 36.4 Å². The molecule has 2 aromatic rings. The maximum absolute atomic E-state index is 12.3. The molecule has 1 aromatic carbocycles. The number of methoxy groups -OCH3 is 1. The molecule has 1 heterocycles. The Morgan fingerprint density at radius 1 is 1.33 bits per heavy atom. The zero-order chi connectivity index (χ0) is 15.4. The number of ether oxygens (including phenoxy) is 1. The summed E-state index contributed by atoms with van der Waals surface area (Å²) in [4.78, 5) is 16.3. The number of carbonyl (C=O) groups excluding carboxylic acids is 1. The molecular weight excluding hydrogens is 288 g/mol. The van der Waals surface area contributed by atoms with Gasteiger partial charge in [-0.1, -0.05) is 35.9 Å². The molecule has 1 N–H and O–H groups in total. The molecule has 1 unspecified atom stereocenters. The Hall–Kier alpha value is -2.07. The molecule has 0 aliphatic rings. The van der Waals surface area contributed by atoms with Crippen LogP contribution in [0.4, 0.5) is 0 Å². The Morgan fingerprint density at radius 2 is 2.05 bits per heavy atom. The molecule has 1 aromatic heterocycles. The average Bonchev–Trinajstić information content (AvgIpc) is 2.46. The number of rotatable bonds is 4. The SMILES string of the molecule is COc1cc(C(=O)NC(C)c2ccccc2C)cc(Cl)n1. The lowest BCUT2D eigenvalue weighted by atomic mass is 10.0. The Bertz CT molecular complexity index is 658. The molecule has 21 heavy (non-hydrogen) atoms. The number of halogens is 1. The van der Waals surface area contributed by atoms with Gasteiger partial charge in [-0.3, -0.25) is 4.79 Å². The summed E-state index contributed by atoms with van der Waals surface area (Å²) in [6.07, 6.45) is 0. The Morgan fingerprint density at radius 3 is 2.71 bits per heavy atom. The number of nitrogens with zero attached hydrogens (tertiary/aromatic N) is 1. The first-order valence-electron chi connectivity index (χ1n) is 6.59. The van der Waals surface area contributed by atoms with Crippen molar-refractivity contribution in [2.75, 3.05) is 7.11 Å². The number of benzene rings is 1. The van der Waals surface area contributed by atoms with E-state index in [0.717, 1.165) is 11.1 Å². The summed E-state index contributed by atoms with van der Waals surface area (Å²) in [5, 5.41) is 3.18. The van der Waals surface area contributed by atoms with E-state index in [2.05, 4.69) is 10.3 Å². The lowest BCUT2D eigenvalue weighted by molar-refractivity contribution is 0.0939. The van der Waals surface area contributed by atoms with E-state index in [1.165, 1.54) is 13.2 Å². The van der Waals surface area contributed by atoms with E-state index in [1.807, 2.05) is 38.1 Å². The minimum absolute atomic E-state index is 0.100. The zero-order valence-corrected chi connectivity index (χ0v) is 12.9. The van der Waals surface area contributed by atoms with E-state index in [1.54, 1.807) is 6.07 Å². The number of hydrogen-bond acceptors (Lipinski definition) is 3. The predicted molar refractivity (Wildman–Crippen MR) is 82.9 cm³/mol. The third-order valence-electron chi connectivity index (χ3n) is 3.24.